The largest absolute Gasteiger partial charge is 0.416 e. The van der Waals surface area contributed by atoms with E-state index in [1.165, 1.54) is 12.1 Å². The molecule has 2 heterocycles. The fourth-order valence-corrected chi connectivity index (χ4v) is 2.91. The Morgan fingerprint density at radius 2 is 1.90 bits per heavy atom. The van der Waals surface area contributed by atoms with Gasteiger partial charge in [-0.3, -0.25) is 14.6 Å². The van der Waals surface area contributed by atoms with Gasteiger partial charge >= 0.3 is 11.9 Å². The van der Waals surface area contributed by atoms with Gasteiger partial charge in [-0.05, 0) is 35.9 Å². The third kappa shape index (κ3) is 4.75. The van der Waals surface area contributed by atoms with Gasteiger partial charge in [0.25, 0.3) is 5.91 Å². The molecule has 0 saturated carbocycles. The predicted octanol–water partition coefficient (Wildman–Crippen LogP) is 2.49. The standard InChI is InChI=1S/C19H17F3N6O3/c20-19(21,22)13-2-1-3-15(10-13)27-18(30)25-17(26-27)24-14-6-4-12(5-7-14)11-23-28-16(29)8-9-31-28/h1-7,10,23H,8-9,11H2,(H2,24,25,26,30). The number of nitrogens with zero attached hydrogens (tertiary/aromatic N) is 3. The van der Waals surface area contributed by atoms with Crippen LogP contribution in [-0.4, -0.2) is 32.5 Å². The molecule has 9 nitrogen and oxygen atoms in total. The second-order valence-corrected chi connectivity index (χ2v) is 6.67. The highest BCUT2D eigenvalue weighted by molar-refractivity contribution is 5.75. The number of hydroxylamine groups is 1. The Morgan fingerprint density at radius 3 is 2.58 bits per heavy atom. The minimum atomic E-state index is -4.53. The van der Waals surface area contributed by atoms with E-state index in [2.05, 4.69) is 20.8 Å². The first-order valence-electron chi connectivity index (χ1n) is 9.22. The summed E-state index contributed by atoms with van der Waals surface area (Å²) in [6.07, 6.45) is -4.19. The molecule has 1 fully saturated rings. The number of hydrazine groups is 1. The molecule has 31 heavy (non-hydrogen) atoms. The molecule has 0 spiro atoms. The smallest absolute Gasteiger partial charge is 0.324 e. The van der Waals surface area contributed by atoms with Gasteiger partial charge in [-0.15, -0.1) is 10.3 Å². The highest BCUT2D eigenvalue weighted by atomic mass is 19.4. The lowest BCUT2D eigenvalue weighted by Gasteiger charge is -2.15. The van der Waals surface area contributed by atoms with E-state index >= 15 is 0 Å². The number of amides is 1. The van der Waals surface area contributed by atoms with Crippen LogP contribution in [0.15, 0.2) is 53.3 Å². The average Bonchev–Trinajstić information content (AvgIpc) is 3.32. The first-order valence-corrected chi connectivity index (χ1v) is 9.22. The summed E-state index contributed by atoms with van der Waals surface area (Å²) in [6, 6.07) is 11.4. The van der Waals surface area contributed by atoms with Crippen LogP contribution in [0.1, 0.15) is 17.5 Å². The lowest BCUT2D eigenvalue weighted by Crippen LogP contribution is -2.37. The van der Waals surface area contributed by atoms with Gasteiger partial charge in [0.05, 0.1) is 24.3 Å². The SMILES string of the molecule is O=C1CCON1NCc1ccc(Nc2nn(-c3cccc(C(F)(F)F)c3)c(=O)[nH]2)cc1. The van der Waals surface area contributed by atoms with Crippen LogP contribution in [0.3, 0.4) is 0 Å². The maximum atomic E-state index is 12.9. The molecule has 0 aliphatic carbocycles. The quantitative estimate of drug-likeness (QED) is 0.551. The van der Waals surface area contributed by atoms with E-state index in [-0.39, 0.29) is 17.5 Å². The Morgan fingerprint density at radius 1 is 1.13 bits per heavy atom. The third-order valence-corrected chi connectivity index (χ3v) is 4.44. The molecule has 162 valence electrons. The number of aromatic amines is 1. The van der Waals surface area contributed by atoms with Crippen molar-refractivity contribution in [2.45, 2.75) is 19.1 Å². The Balaban J connectivity index is 1.43. The van der Waals surface area contributed by atoms with Crippen molar-refractivity contribution in [1.82, 2.24) is 25.4 Å². The number of rotatable bonds is 6. The molecule has 0 atom stereocenters. The number of aromatic nitrogens is 3. The van der Waals surface area contributed by atoms with Gasteiger partial charge in [-0.1, -0.05) is 18.2 Å². The summed E-state index contributed by atoms with van der Waals surface area (Å²) in [5.41, 5.74) is 2.76. The molecule has 1 amide bonds. The number of carbonyl (C=O) groups excluding carboxylic acids is 1. The zero-order valence-corrected chi connectivity index (χ0v) is 15.9. The minimum absolute atomic E-state index is 0.00998. The number of nitrogens with one attached hydrogen (secondary N) is 3. The molecule has 2 aromatic carbocycles. The van der Waals surface area contributed by atoms with Gasteiger partial charge in [0.1, 0.15) is 0 Å². The van der Waals surface area contributed by atoms with Crippen molar-refractivity contribution in [3.8, 4) is 5.69 Å². The second kappa shape index (κ2) is 8.24. The number of hydrogen-bond acceptors (Lipinski definition) is 6. The number of halogens is 3. The first-order chi connectivity index (χ1) is 14.8. The molecule has 12 heteroatoms. The Kier molecular flexibility index (Phi) is 5.48. The number of benzene rings is 2. The van der Waals surface area contributed by atoms with Crippen LogP contribution >= 0.6 is 0 Å². The van der Waals surface area contributed by atoms with E-state index in [1.54, 1.807) is 24.3 Å². The summed E-state index contributed by atoms with van der Waals surface area (Å²) in [7, 11) is 0. The Bertz CT molecular complexity index is 1140. The number of alkyl halides is 3. The Labute approximate surface area is 173 Å². The van der Waals surface area contributed by atoms with Crippen LogP contribution in [0.25, 0.3) is 5.69 Å². The maximum Gasteiger partial charge on any atom is 0.416 e. The molecule has 0 bridgehead atoms. The molecule has 1 aliphatic rings. The van der Waals surface area contributed by atoms with Crippen molar-refractivity contribution in [3.63, 3.8) is 0 Å². The summed E-state index contributed by atoms with van der Waals surface area (Å²) in [6.45, 7) is 0.715. The molecule has 4 rings (SSSR count). The zero-order chi connectivity index (χ0) is 22.0. The lowest BCUT2D eigenvalue weighted by molar-refractivity contribution is -0.179. The molecule has 3 aromatic rings. The molecule has 1 saturated heterocycles. The van der Waals surface area contributed by atoms with E-state index in [9.17, 15) is 22.8 Å². The summed E-state index contributed by atoms with van der Waals surface area (Å²) >= 11 is 0. The van der Waals surface area contributed by atoms with Gasteiger partial charge in [0.15, 0.2) is 0 Å². The molecular formula is C19H17F3N6O3. The van der Waals surface area contributed by atoms with Crippen molar-refractivity contribution in [3.05, 3.63) is 70.1 Å². The molecule has 3 N–H and O–H groups in total. The molecular weight excluding hydrogens is 417 g/mol. The van der Waals surface area contributed by atoms with Crippen LogP contribution in [-0.2, 0) is 22.4 Å². The van der Waals surface area contributed by atoms with Crippen LogP contribution < -0.4 is 16.4 Å². The van der Waals surface area contributed by atoms with Crippen LogP contribution in [0.5, 0.6) is 0 Å². The van der Waals surface area contributed by atoms with Crippen LogP contribution in [0, 0.1) is 0 Å². The summed E-state index contributed by atoms with van der Waals surface area (Å²) in [5.74, 6) is -0.0667. The monoisotopic (exact) mass is 434 g/mol. The normalized spacial score (nSPS) is 14.3. The highest BCUT2D eigenvalue weighted by Gasteiger charge is 2.30. The number of hydrogen-bond donors (Lipinski definition) is 3. The van der Waals surface area contributed by atoms with Gasteiger partial charge in [-0.2, -0.15) is 17.9 Å². The third-order valence-electron chi connectivity index (χ3n) is 4.44. The topological polar surface area (TPSA) is 104 Å². The molecule has 1 aromatic heterocycles. The van der Waals surface area contributed by atoms with Crippen molar-refractivity contribution in [2.75, 3.05) is 11.9 Å². The van der Waals surface area contributed by atoms with Gasteiger partial charge in [-0.25, -0.2) is 10.2 Å². The van der Waals surface area contributed by atoms with Crippen LogP contribution in [0.4, 0.5) is 24.8 Å². The summed E-state index contributed by atoms with van der Waals surface area (Å²) in [4.78, 5) is 31.2. The number of anilines is 2. The number of carbonyl (C=O) groups is 1. The minimum Gasteiger partial charge on any atom is -0.324 e. The van der Waals surface area contributed by atoms with Crippen LogP contribution in [0.2, 0.25) is 0 Å². The zero-order valence-electron chi connectivity index (χ0n) is 15.9. The number of H-pyrrole nitrogens is 1. The maximum absolute atomic E-state index is 12.9. The van der Waals surface area contributed by atoms with Crippen molar-refractivity contribution in [1.29, 1.82) is 0 Å². The fourth-order valence-electron chi connectivity index (χ4n) is 2.91. The van der Waals surface area contributed by atoms with Gasteiger partial charge in [0.2, 0.25) is 5.95 Å². The summed E-state index contributed by atoms with van der Waals surface area (Å²) in [5, 5.41) is 8.02. The van der Waals surface area contributed by atoms with E-state index in [4.69, 9.17) is 4.84 Å². The van der Waals surface area contributed by atoms with E-state index in [0.29, 0.717) is 25.3 Å². The highest BCUT2D eigenvalue weighted by Crippen LogP contribution is 2.30. The van der Waals surface area contributed by atoms with E-state index < -0.39 is 17.4 Å². The second-order valence-electron chi connectivity index (χ2n) is 6.67. The average molecular weight is 434 g/mol. The van der Waals surface area contributed by atoms with E-state index in [1.807, 2.05) is 0 Å². The van der Waals surface area contributed by atoms with Gasteiger partial charge < -0.3 is 5.32 Å². The predicted molar refractivity (Wildman–Crippen MR) is 103 cm³/mol. The van der Waals surface area contributed by atoms with E-state index in [0.717, 1.165) is 27.6 Å². The molecule has 0 unspecified atom stereocenters. The fraction of sp³-hybridized carbons (Fsp3) is 0.211. The summed E-state index contributed by atoms with van der Waals surface area (Å²) < 4.78 is 39.6. The lowest BCUT2D eigenvalue weighted by atomic mass is 10.2. The molecule has 0 radical (unpaired) electrons. The first kappa shape index (κ1) is 20.6. The Hall–Kier alpha value is -3.64. The van der Waals surface area contributed by atoms with Crippen molar-refractivity contribution in [2.24, 2.45) is 0 Å². The molecule has 1 aliphatic heterocycles. The van der Waals surface area contributed by atoms with Crippen molar-refractivity contribution >= 4 is 17.5 Å². The van der Waals surface area contributed by atoms with Crippen molar-refractivity contribution < 1.29 is 22.8 Å². The van der Waals surface area contributed by atoms with Gasteiger partial charge in [0, 0.05) is 12.2 Å².